The number of nitrogens with zero attached hydrogens (tertiary/aromatic N) is 3. The first kappa shape index (κ1) is 9.29. The zero-order valence-electron chi connectivity index (χ0n) is 5.02. The van der Waals surface area contributed by atoms with Crippen molar-refractivity contribution in [3.8, 4) is 0 Å². The van der Waals surface area contributed by atoms with Crippen LogP contribution in [0.4, 0.5) is 17.8 Å². The van der Waals surface area contributed by atoms with E-state index in [1.54, 1.807) is 0 Å². The van der Waals surface area contributed by atoms with Crippen molar-refractivity contribution in [2.24, 2.45) is 0 Å². The average Bonchev–Trinajstić information content (AvgIpc) is 1.59. The summed E-state index contributed by atoms with van der Waals surface area (Å²) >= 11 is 0. The Kier molecular flexibility index (Phi) is 3.21. The van der Waals surface area contributed by atoms with Crippen molar-refractivity contribution >= 4 is 44.0 Å². The van der Waals surface area contributed by atoms with Gasteiger partial charge in [-0.3, -0.25) is 0 Å². The predicted octanol–water partition coefficient (Wildman–Crippen LogP) is -1.76. The minimum absolute atomic E-state index is 0. The number of nitrogen functional groups attached to an aromatic ring is 3. The largest absolute Gasteiger partial charge is 0.368 e. The van der Waals surface area contributed by atoms with Crippen molar-refractivity contribution in [1.29, 1.82) is 0 Å². The fraction of sp³-hybridized carbons (Fsp3) is 0. The molecular formula is C3H6BiN6. The van der Waals surface area contributed by atoms with Crippen molar-refractivity contribution < 1.29 is 0 Å². The molecule has 3 radical (unpaired) electrons. The second-order valence-corrected chi connectivity index (χ2v) is 1.41. The maximum Gasteiger partial charge on any atom is 0.226 e. The van der Waals surface area contributed by atoms with Gasteiger partial charge in [0.1, 0.15) is 0 Å². The van der Waals surface area contributed by atoms with E-state index in [4.69, 9.17) is 17.2 Å². The number of nitrogens with two attached hydrogens (primary N) is 3. The molecular weight excluding hydrogens is 329 g/mol. The van der Waals surface area contributed by atoms with Crippen LogP contribution in [0, 0.1) is 0 Å². The minimum atomic E-state index is 0. The molecule has 0 fully saturated rings. The molecule has 1 aromatic heterocycles. The molecule has 7 heteroatoms. The van der Waals surface area contributed by atoms with Gasteiger partial charge in [-0.05, 0) is 0 Å². The van der Waals surface area contributed by atoms with E-state index < -0.39 is 0 Å². The van der Waals surface area contributed by atoms with Crippen LogP contribution in [-0.2, 0) is 0 Å². The molecule has 0 saturated carbocycles. The van der Waals surface area contributed by atoms with Crippen LogP contribution in [0.2, 0.25) is 0 Å². The quantitative estimate of drug-likeness (QED) is 0.484. The van der Waals surface area contributed by atoms with Gasteiger partial charge in [0.05, 0.1) is 0 Å². The zero-order valence-corrected chi connectivity index (χ0v) is 8.50. The monoisotopic (exact) mass is 335 g/mol. The number of rotatable bonds is 0. The Labute approximate surface area is 76.4 Å². The summed E-state index contributed by atoms with van der Waals surface area (Å²) in [6.45, 7) is 0. The summed E-state index contributed by atoms with van der Waals surface area (Å²) in [6.07, 6.45) is 0. The third-order valence-corrected chi connectivity index (χ3v) is 0.687. The van der Waals surface area contributed by atoms with Gasteiger partial charge in [-0.25, -0.2) is 0 Å². The van der Waals surface area contributed by atoms with Gasteiger partial charge >= 0.3 is 0 Å². The summed E-state index contributed by atoms with van der Waals surface area (Å²) in [4.78, 5) is 10.5. The third-order valence-electron chi connectivity index (χ3n) is 0.687. The minimum Gasteiger partial charge on any atom is -0.368 e. The Bertz CT molecular complexity index is 174. The van der Waals surface area contributed by atoms with Gasteiger partial charge in [-0.2, -0.15) is 15.0 Å². The molecule has 6 N–H and O–H groups in total. The Balaban J connectivity index is 0.000000810. The molecule has 0 bridgehead atoms. The topological polar surface area (TPSA) is 117 Å². The van der Waals surface area contributed by atoms with Gasteiger partial charge in [0.2, 0.25) is 17.8 Å². The van der Waals surface area contributed by atoms with E-state index in [2.05, 4.69) is 15.0 Å². The second kappa shape index (κ2) is 3.46. The van der Waals surface area contributed by atoms with Crippen LogP contribution in [0.5, 0.6) is 0 Å². The van der Waals surface area contributed by atoms with Crippen molar-refractivity contribution in [3.63, 3.8) is 0 Å². The number of hydrogen-bond donors (Lipinski definition) is 3. The fourth-order valence-electron chi connectivity index (χ4n) is 0.427. The molecule has 0 unspecified atom stereocenters. The first-order valence-electron chi connectivity index (χ1n) is 2.21. The number of anilines is 3. The molecule has 0 atom stereocenters. The summed E-state index contributed by atoms with van der Waals surface area (Å²) in [5.41, 5.74) is 15.4. The normalized spacial score (nSPS) is 8.40. The van der Waals surface area contributed by atoms with E-state index >= 15 is 0 Å². The average molecular weight is 335 g/mol. The Morgan fingerprint density at radius 3 is 1.10 bits per heavy atom. The van der Waals surface area contributed by atoms with E-state index in [0.717, 1.165) is 0 Å². The fourth-order valence-corrected chi connectivity index (χ4v) is 0.427. The molecule has 0 amide bonds. The van der Waals surface area contributed by atoms with Crippen LogP contribution < -0.4 is 17.2 Å². The SMILES string of the molecule is Nc1nc(N)nc(N)n1.[Bi]. The second-order valence-electron chi connectivity index (χ2n) is 1.41. The molecule has 0 saturated heterocycles. The van der Waals surface area contributed by atoms with E-state index in [-0.39, 0.29) is 44.0 Å². The third kappa shape index (κ3) is 2.26. The zero-order chi connectivity index (χ0) is 6.85. The van der Waals surface area contributed by atoms with Crippen LogP contribution in [0.1, 0.15) is 0 Å². The molecule has 1 rings (SSSR count). The Hall–Kier alpha value is -0.707. The van der Waals surface area contributed by atoms with E-state index in [9.17, 15) is 0 Å². The first-order valence-corrected chi connectivity index (χ1v) is 2.21. The van der Waals surface area contributed by atoms with Crippen LogP contribution in [-0.4, -0.2) is 41.2 Å². The van der Waals surface area contributed by atoms with Crippen LogP contribution in [0.25, 0.3) is 0 Å². The van der Waals surface area contributed by atoms with E-state index in [1.807, 2.05) is 0 Å². The van der Waals surface area contributed by atoms with Gasteiger partial charge in [0.15, 0.2) is 0 Å². The summed E-state index contributed by atoms with van der Waals surface area (Å²) in [5, 5.41) is 0. The van der Waals surface area contributed by atoms with Gasteiger partial charge in [-0.15, -0.1) is 0 Å². The van der Waals surface area contributed by atoms with Gasteiger partial charge in [-0.1, -0.05) is 0 Å². The molecule has 53 valence electrons. The molecule has 0 aromatic carbocycles. The summed E-state index contributed by atoms with van der Waals surface area (Å²) in [5.74, 6) is 0.125. The van der Waals surface area contributed by atoms with Crippen molar-refractivity contribution in [2.75, 3.05) is 17.2 Å². The van der Waals surface area contributed by atoms with E-state index in [1.165, 1.54) is 0 Å². The maximum atomic E-state index is 5.14. The molecule has 0 aliphatic rings. The van der Waals surface area contributed by atoms with Crippen molar-refractivity contribution in [2.45, 2.75) is 0 Å². The maximum absolute atomic E-state index is 5.14. The predicted molar refractivity (Wildman–Crippen MR) is 38.8 cm³/mol. The van der Waals surface area contributed by atoms with Gasteiger partial charge in [0.25, 0.3) is 0 Å². The summed E-state index contributed by atoms with van der Waals surface area (Å²) < 4.78 is 0. The molecule has 10 heavy (non-hydrogen) atoms. The first-order chi connectivity index (χ1) is 4.18. The van der Waals surface area contributed by atoms with Crippen molar-refractivity contribution in [1.82, 2.24) is 15.0 Å². The molecule has 1 aromatic rings. The molecule has 6 nitrogen and oxygen atoms in total. The molecule has 0 aliphatic heterocycles. The Morgan fingerprint density at radius 1 is 0.700 bits per heavy atom. The van der Waals surface area contributed by atoms with Crippen molar-refractivity contribution in [3.05, 3.63) is 0 Å². The molecule has 0 spiro atoms. The van der Waals surface area contributed by atoms with Crippen LogP contribution in [0.15, 0.2) is 0 Å². The van der Waals surface area contributed by atoms with Crippen LogP contribution in [0.3, 0.4) is 0 Å². The Morgan fingerprint density at radius 2 is 0.900 bits per heavy atom. The van der Waals surface area contributed by atoms with Crippen LogP contribution >= 0.6 is 0 Å². The van der Waals surface area contributed by atoms with E-state index in [0.29, 0.717) is 0 Å². The van der Waals surface area contributed by atoms with Gasteiger partial charge < -0.3 is 17.2 Å². The number of aromatic nitrogens is 3. The molecule has 0 aliphatic carbocycles. The standard InChI is InChI=1S/C3H6N6.Bi/c4-1-7-2(5)9-3(6)8-1;/h(H6,4,5,6,7,8,9);. The molecule has 1 heterocycles. The summed E-state index contributed by atoms with van der Waals surface area (Å²) in [6, 6.07) is 0. The number of hydrogen-bond acceptors (Lipinski definition) is 6. The summed E-state index contributed by atoms with van der Waals surface area (Å²) in [7, 11) is 0. The van der Waals surface area contributed by atoms with Gasteiger partial charge in [0, 0.05) is 26.2 Å². The smallest absolute Gasteiger partial charge is 0.226 e.